The first kappa shape index (κ1) is 69.6. The summed E-state index contributed by atoms with van der Waals surface area (Å²) >= 11 is 0. The van der Waals surface area contributed by atoms with Crippen molar-refractivity contribution in [2.75, 3.05) is 13.2 Å². The van der Waals surface area contributed by atoms with E-state index in [9.17, 15) is 14.4 Å². The Bertz CT molecular complexity index is 1210. The number of carbonyl (C=O) groups is 3. The number of hydrogen-bond donors (Lipinski definition) is 0. The topological polar surface area (TPSA) is 78.9 Å². The predicted molar refractivity (Wildman–Crippen MR) is 312 cm³/mol. The van der Waals surface area contributed by atoms with Gasteiger partial charge in [0.2, 0.25) is 0 Å². The molecule has 0 rings (SSSR count). The summed E-state index contributed by atoms with van der Waals surface area (Å²) in [5, 5.41) is 0. The average Bonchev–Trinajstić information content (AvgIpc) is 3.38. The van der Waals surface area contributed by atoms with Gasteiger partial charge >= 0.3 is 17.9 Å². The number of unbranched alkanes of at least 4 members (excludes halogenated alkanes) is 42. The second kappa shape index (κ2) is 61.2. The second-order valence-electron chi connectivity index (χ2n) is 21.7. The van der Waals surface area contributed by atoms with Crippen LogP contribution < -0.4 is 0 Å². The van der Waals surface area contributed by atoms with Gasteiger partial charge in [0.1, 0.15) is 13.2 Å². The molecule has 0 saturated carbocycles. The minimum Gasteiger partial charge on any atom is -0.462 e. The molecule has 0 aromatic rings. The van der Waals surface area contributed by atoms with E-state index in [4.69, 9.17) is 14.2 Å². The molecule has 0 bridgehead atoms. The van der Waals surface area contributed by atoms with E-state index in [0.717, 1.165) is 77.0 Å². The van der Waals surface area contributed by atoms with Gasteiger partial charge in [0.15, 0.2) is 6.10 Å². The van der Waals surface area contributed by atoms with Crippen molar-refractivity contribution in [1.29, 1.82) is 0 Å². The Kier molecular flexibility index (Phi) is 59.2. The number of ether oxygens (including phenoxy) is 3. The van der Waals surface area contributed by atoms with E-state index in [1.807, 2.05) is 0 Å². The molecule has 72 heavy (non-hydrogen) atoms. The van der Waals surface area contributed by atoms with Gasteiger partial charge in [-0.05, 0) is 77.0 Å². The first-order chi connectivity index (χ1) is 35.5. The minimum absolute atomic E-state index is 0.0739. The highest BCUT2D eigenvalue weighted by molar-refractivity contribution is 5.71. The van der Waals surface area contributed by atoms with Crippen LogP contribution in [-0.2, 0) is 28.6 Å². The van der Waals surface area contributed by atoms with Gasteiger partial charge in [-0.15, -0.1) is 0 Å². The molecule has 0 fully saturated rings. The van der Waals surface area contributed by atoms with E-state index < -0.39 is 6.10 Å². The normalized spacial score (nSPS) is 12.2. The summed E-state index contributed by atoms with van der Waals surface area (Å²) in [7, 11) is 0. The molecule has 0 aromatic heterocycles. The maximum Gasteiger partial charge on any atom is 0.306 e. The maximum absolute atomic E-state index is 12.9. The molecule has 422 valence electrons. The van der Waals surface area contributed by atoms with Crippen molar-refractivity contribution >= 4 is 17.9 Å². The van der Waals surface area contributed by atoms with Crippen molar-refractivity contribution in [3.63, 3.8) is 0 Å². The summed E-state index contributed by atoms with van der Waals surface area (Å²) < 4.78 is 16.9. The lowest BCUT2D eigenvalue weighted by Crippen LogP contribution is -2.30. The zero-order valence-corrected chi connectivity index (χ0v) is 48.5. The lowest BCUT2D eigenvalue weighted by molar-refractivity contribution is -0.167. The summed E-state index contributed by atoms with van der Waals surface area (Å²) in [5.41, 5.74) is 0. The van der Waals surface area contributed by atoms with Crippen molar-refractivity contribution in [2.45, 2.75) is 354 Å². The molecule has 0 aliphatic rings. The van der Waals surface area contributed by atoms with Gasteiger partial charge in [0.25, 0.3) is 0 Å². The van der Waals surface area contributed by atoms with E-state index in [2.05, 4.69) is 57.2 Å². The Morgan fingerprint density at radius 1 is 0.278 bits per heavy atom. The fraction of sp³-hybridized carbons (Fsp3) is 0.864. The number of hydrogen-bond acceptors (Lipinski definition) is 6. The Labute approximate surface area is 448 Å². The molecule has 0 N–H and O–H groups in total. The molecule has 0 aromatic carbocycles. The Balaban J connectivity index is 4.32. The van der Waals surface area contributed by atoms with E-state index in [1.165, 1.54) is 231 Å². The smallest absolute Gasteiger partial charge is 0.306 e. The standard InChI is InChI=1S/C66H122O6/c1-4-7-10-13-16-19-22-25-28-31-32-33-34-36-38-41-44-47-50-53-56-59-65(68)71-62-63(61-70-64(67)58-55-52-49-46-43-40-37-30-27-24-21-18-15-12-9-6-3)72-66(69)60-57-54-51-48-45-42-39-35-29-26-23-20-17-14-11-8-5-2/h17,20,26,29-30,37,63H,4-16,18-19,21-25,27-28,31-36,38-62H2,1-3H3/b20-17-,29-26-,37-30-. The molecule has 0 aliphatic carbocycles. The fourth-order valence-corrected chi connectivity index (χ4v) is 9.53. The molecular weight excluding hydrogens is 889 g/mol. The summed E-state index contributed by atoms with van der Waals surface area (Å²) in [6.07, 6.45) is 74.3. The maximum atomic E-state index is 12.9. The van der Waals surface area contributed by atoms with E-state index in [0.29, 0.717) is 19.3 Å². The summed E-state index contributed by atoms with van der Waals surface area (Å²) in [6, 6.07) is 0. The first-order valence-corrected chi connectivity index (χ1v) is 32.0. The van der Waals surface area contributed by atoms with Gasteiger partial charge in [0, 0.05) is 19.3 Å². The van der Waals surface area contributed by atoms with E-state index in [-0.39, 0.29) is 31.1 Å². The van der Waals surface area contributed by atoms with Crippen molar-refractivity contribution in [1.82, 2.24) is 0 Å². The van der Waals surface area contributed by atoms with Gasteiger partial charge in [0.05, 0.1) is 0 Å². The highest BCUT2D eigenvalue weighted by Crippen LogP contribution is 2.17. The van der Waals surface area contributed by atoms with Crippen LogP contribution in [0.15, 0.2) is 36.5 Å². The van der Waals surface area contributed by atoms with Crippen molar-refractivity contribution in [3.05, 3.63) is 36.5 Å². The third kappa shape index (κ3) is 58.5. The molecular formula is C66H122O6. The van der Waals surface area contributed by atoms with Gasteiger partial charge in [-0.1, -0.05) is 288 Å². The van der Waals surface area contributed by atoms with Gasteiger partial charge in [-0.25, -0.2) is 0 Å². The molecule has 0 radical (unpaired) electrons. The van der Waals surface area contributed by atoms with Crippen LogP contribution in [0.4, 0.5) is 0 Å². The SMILES string of the molecule is CCCCC/C=C\C/C=C\CCCCCCCCCC(=O)OC(COC(=O)CCCCCCC/C=C\CCCCCCCCC)COC(=O)CCCCCCCCCCCCCCCCCCCCCCC. The molecule has 0 aliphatic heterocycles. The van der Waals surface area contributed by atoms with Gasteiger partial charge in [-0.2, -0.15) is 0 Å². The second-order valence-corrected chi connectivity index (χ2v) is 21.7. The van der Waals surface area contributed by atoms with E-state index in [1.54, 1.807) is 0 Å². The van der Waals surface area contributed by atoms with Crippen LogP contribution in [0.5, 0.6) is 0 Å². The van der Waals surface area contributed by atoms with Gasteiger partial charge < -0.3 is 14.2 Å². The average molecular weight is 1010 g/mol. The predicted octanol–water partition coefficient (Wildman–Crippen LogP) is 21.6. The van der Waals surface area contributed by atoms with Crippen LogP contribution in [0.3, 0.4) is 0 Å². The number of carbonyl (C=O) groups excluding carboxylic acids is 3. The highest BCUT2D eigenvalue weighted by Gasteiger charge is 2.19. The lowest BCUT2D eigenvalue weighted by atomic mass is 10.0. The van der Waals surface area contributed by atoms with Crippen LogP contribution in [0, 0.1) is 0 Å². The summed E-state index contributed by atoms with van der Waals surface area (Å²) in [4.78, 5) is 38.3. The zero-order chi connectivity index (χ0) is 52.2. The fourth-order valence-electron chi connectivity index (χ4n) is 9.53. The molecule has 6 heteroatoms. The molecule has 1 atom stereocenters. The molecule has 0 saturated heterocycles. The Hall–Kier alpha value is -2.37. The zero-order valence-electron chi connectivity index (χ0n) is 48.5. The molecule has 0 heterocycles. The number of esters is 3. The molecule has 0 amide bonds. The van der Waals surface area contributed by atoms with Crippen LogP contribution in [0.2, 0.25) is 0 Å². The van der Waals surface area contributed by atoms with Crippen LogP contribution in [-0.4, -0.2) is 37.2 Å². The van der Waals surface area contributed by atoms with Gasteiger partial charge in [-0.3, -0.25) is 14.4 Å². The Morgan fingerprint density at radius 2 is 0.500 bits per heavy atom. The number of allylic oxidation sites excluding steroid dienone is 6. The lowest BCUT2D eigenvalue weighted by Gasteiger charge is -2.18. The summed E-state index contributed by atoms with van der Waals surface area (Å²) in [6.45, 7) is 6.66. The third-order valence-electron chi connectivity index (χ3n) is 14.4. The largest absolute Gasteiger partial charge is 0.462 e. The minimum atomic E-state index is -0.778. The van der Waals surface area contributed by atoms with E-state index >= 15 is 0 Å². The molecule has 0 spiro atoms. The monoisotopic (exact) mass is 1010 g/mol. The number of rotatable bonds is 59. The Morgan fingerprint density at radius 3 is 0.806 bits per heavy atom. The van der Waals surface area contributed by atoms with Crippen LogP contribution >= 0.6 is 0 Å². The van der Waals surface area contributed by atoms with Crippen LogP contribution in [0.25, 0.3) is 0 Å². The van der Waals surface area contributed by atoms with Crippen molar-refractivity contribution < 1.29 is 28.6 Å². The third-order valence-corrected chi connectivity index (χ3v) is 14.4. The summed E-state index contributed by atoms with van der Waals surface area (Å²) in [5.74, 6) is -0.867. The van der Waals surface area contributed by atoms with Crippen molar-refractivity contribution in [2.24, 2.45) is 0 Å². The molecule has 6 nitrogen and oxygen atoms in total. The first-order valence-electron chi connectivity index (χ1n) is 32.0. The highest BCUT2D eigenvalue weighted by atomic mass is 16.6. The van der Waals surface area contributed by atoms with Crippen LogP contribution in [0.1, 0.15) is 348 Å². The van der Waals surface area contributed by atoms with Crippen molar-refractivity contribution in [3.8, 4) is 0 Å². The quantitative estimate of drug-likeness (QED) is 0.0261. The molecule has 1 unspecified atom stereocenters.